The Kier molecular flexibility index (Phi) is 5.46. The summed E-state index contributed by atoms with van der Waals surface area (Å²) in [6.07, 6.45) is 2.58. The van der Waals surface area contributed by atoms with Crippen LogP contribution in [0.15, 0.2) is 0 Å². The predicted octanol–water partition coefficient (Wildman–Crippen LogP) is -1.51. The molecule has 4 N–H and O–H groups in total. The number of piperidine rings is 1. The largest absolute Gasteiger partial charge is 0.418 e. The third kappa shape index (κ3) is 4.14. The summed E-state index contributed by atoms with van der Waals surface area (Å²) in [4.78, 5) is 36.8. The van der Waals surface area contributed by atoms with Crippen molar-refractivity contribution < 1.29 is 31.6 Å². The third-order valence-corrected chi connectivity index (χ3v) is 5.53. The Morgan fingerprint density at radius 3 is 2.58 bits per heavy atom. The average molecular weight is 390 g/mol. The lowest BCUT2D eigenvalue weighted by molar-refractivity contribution is -0.159. The molecule has 3 amide bonds. The SMILES string of the molecule is O=C(NNC(=O)[C@@H]1CC[C@@H]2CC1C(=O)N2OS(=O)(=O)O)[C@@H]1CCCNC1. The van der Waals surface area contributed by atoms with Crippen LogP contribution in [-0.4, -0.2) is 54.9 Å². The number of hydrogen-bond donors (Lipinski definition) is 4. The fourth-order valence-electron chi connectivity index (χ4n) is 3.88. The van der Waals surface area contributed by atoms with E-state index >= 15 is 0 Å². The van der Waals surface area contributed by atoms with Crippen LogP contribution in [0.5, 0.6) is 0 Å². The highest BCUT2D eigenvalue weighted by atomic mass is 32.3. The molecule has 4 atom stereocenters. The molecule has 3 fully saturated rings. The molecule has 3 aliphatic rings. The van der Waals surface area contributed by atoms with Crippen LogP contribution in [0.1, 0.15) is 32.1 Å². The second-order valence-electron chi connectivity index (χ2n) is 6.87. The first-order chi connectivity index (χ1) is 12.3. The number of nitrogens with zero attached hydrogens (tertiary/aromatic N) is 1. The zero-order valence-electron chi connectivity index (χ0n) is 14.0. The topological polar surface area (TPSA) is 154 Å². The Balaban J connectivity index is 1.56. The zero-order chi connectivity index (χ0) is 18.9. The van der Waals surface area contributed by atoms with Gasteiger partial charge in [0.2, 0.25) is 11.8 Å². The Bertz CT molecular complexity index is 691. The molecule has 2 heterocycles. The van der Waals surface area contributed by atoms with Gasteiger partial charge in [-0.1, -0.05) is 0 Å². The van der Waals surface area contributed by atoms with Crippen molar-refractivity contribution in [2.24, 2.45) is 17.8 Å². The molecule has 2 saturated heterocycles. The molecule has 12 heteroatoms. The van der Waals surface area contributed by atoms with E-state index in [1.807, 2.05) is 0 Å². The number of hydrogen-bond acceptors (Lipinski definition) is 7. The van der Waals surface area contributed by atoms with Gasteiger partial charge >= 0.3 is 10.4 Å². The maximum absolute atomic E-state index is 12.4. The van der Waals surface area contributed by atoms with Crippen LogP contribution in [0.2, 0.25) is 0 Å². The first-order valence-electron chi connectivity index (χ1n) is 8.57. The summed E-state index contributed by atoms with van der Waals surface area (Å²) in [5.74, 6) is -3.09. The summed E-state index contributed by atoms with van der Waals surface area (Å²) in [6, 6.07) is -0.499. The minimum absolute atomic E-state index is 0.216. The normalized spacial score (nSPS) is 31.6. The lowest BCUT2D eigenvalue weighted by atomic mass is 9.79. The second-order valence-corrected chi connectivity index (χ2v) is 7.87. The van der Waals surface area contributed by atoms with Crippen LogP contribution in [0.3, 0.4) is 0 Å². The average Bonchev–Trinajstić information content (AvgIpc) is 2.84. The maximum atomic E-state index is 12.4. The first-order valence-corrected chi connectivity index (χ1v) is 9.93. The molecule has 1 aliphatic carbocycles. The molecule has 0 spiro atoms. The zero-order valence-corrected chi connectivity index (χ0v) is 14.8. The molecular weight excluding hydrogens is 368 g/mol. The lowest BCUT2D eigenvalue weighted by Crippen LogP contribution is -2.51. The van der Waals surface area contributed by atoms with Gasteiger partial charge in [0, 0.05) is 6.54 Å². The molecule has 0 aromatic heterocycles. The molecule has 0 radical (unpaired) electrons. The minimum atomic E-state index is -4.81. The van der Waals surface area contributed by atoms with Crippen molar-refractivity contribution in [1.82, 2.24) is 21.2 Å². The van der Waals surface area contributed by atoms with Crippen molar-refractivity contribution in [3.8, 4) is 0 Å². The van der Waals surface area contributed by atoms with Crippen molar-refractivity contribution in [1.29, 1.82) is 0 Å². The van der Waals surface area contributed by atoms with Crippen LogP contribution in [0.4, 0.5) is 0 Å². The van der Waals surface area contributed by atoms with E-state index < -0.39 is 40.1 Å². The quantitative estimate of drug-likeness (QED) is 0.334. The van der Waals surface area contributed by atoms with Crippen molar-refractivity contribution in [3.05, 3.63) is 0 Å². The Morgan fingerprint density at radius 2 is 1.92 bits per heavy atom. The molecule has 3 rings (SSSR count). The Hall–Kier alpha value is -1.76. The van der Waals surface area contributed by atoms with Gasteiger partial charge in [-0.05, 0) is 38.6 Å². The van der Waals surface area contributed by atoms with Crippen molar-refractivity contribution >= 4 is 28.1 Å². The van der Waals surface area contributed by atoms with E-state index in [-0.39, 0.29) is 18.2 Å². The fraction of sp³-hybridized carbons (Fsp3) is 0.786. The Labute approximate surface area is 150 Å². The van der Waals surface area contributed by atoms with Gasteiger partial charge in [-0.25, -0.2) is 0 Å². The predicted molar refractivity (Wildman–Crippen MR) is 86.0 cm³/mol. The summed E-state index contributed by atoms with van der Waals surface area (Å²) >= 11 is 0. The summed E-state index contributed by atoms with van der Waals surface area (Å²) in [5, 5.41) is 3.75. The van der Waals surface area contributed by atoms with E-state index in [0.29, 0.717) is 24.4 Å². The van der Waals surface area contributed by atoms with Gasteiger partial charge < -0.3 is 5.32 Å². The van der Waals surface area contributed by atoms with E-state index in [1.54, 1.807) is 0 Å². The van der Waals surface area contributed by atoms with E-state index in [9.17, 15) is 22.8 Å². The van der Waals surface area contributed by atoms with Gasteiger partial charge in [0.05, 0.1) is 23.8 Å². The van der Waals surface area contributed by atoms with Crippen LogP contribution in [-0.2, 0) is 29.1 Å². The van der Waals surface area contributed by atoms with E-state index in [4.69, 9.17) is 4.55 Å². The lowest BCUT2D eigenvalue weighted by Gasteiger charge is -2.26. The van der Waals surface area contributed by atoms with Gasteiger partial charge in [0.1, 0.15) is 0 Å². The molecular formula is C14H22N4O7S. The van der Waals surface area contributed by atoms with Crippen LogP contribution in [0.25, 0.3) is 0 Å². The van der Waals surface area contributed by atoms with Crippen LogP contribution in [0, 0.1) is 17.8 Å². The second kappa shape index (κ2) is 7.47. The van der Waals surface area contributed by atoms with Crippen LogP contribution >= 0.6 is 0 Å². The van der Waals surface area contributed by atoms with E-state index in [0.717, 1.165) is 19.4 Å². The molecule has 0 aromatic carbocycles. The van der Waals surface area contributed by atoms with Gasteiger partial charge in [0.15, 0.2) is 0 Å². The summed E-state index contributed by atoms with van der Waals surface area (Å²) in [5.41, 5.74) is 4.77. The number of carbonyl (C=O) groups is 3. The highest BCUT2D eigenvalue weighted by Gasteiger charge is 2.51. The van der Waals surface area contributed by atoms with E-state index in [1.165, 1.54) is 0 Å². The minimum Gasteiger partial charge on any atom is -0.316 e. The van der Waals surface area contributed by atoms with Crippen molar-refractivity contribution in [3.63, 3.8) is 0 Å². The molecule has 1 saturated carbocycles. The van der Waals surface area contributed by atoms with Gasteiger partial charge in [-0.2, -0.15) is 13.5 Å². The van der Waals surface area contributed by atoms with Gasteiger partial charge in [0.25, 0.3) is 5.91 Å². The summed E-state index contributed by atoms with van der Waals surface area (Å²) in [6.45, 7) is 1.42. The molecule has 2 aliphatic heterocycles. The molecule has 146 valence electrons. The number of fused-ring (bicyclic) bond motifs is 2. The molecule has 0 aromatic rings. The molecule has 1 unspecified atom stereocenters. The molecule has 11 nitrogen and oxygen atoms in total. The molecule has 2 bridgehead atoms. The van der Waals surface area contributed by atoms with Gasteiger partial charge in [-0.15, -0.1) is 4.28 Å². The van der Waals surface area contributed by atoms with E-state index in [2.05, 4.69) is 20.5 Å². The molecule has 26 heavy (non-hydrogen) atoms. The van der Waals surface area contributed by atoms with Crippen molar-refractivity contribution in [2.75, 3.05) is 13.1 Å². The number of nitrogens with one attached hydrogen (secondary N) is 3. The third-order valence-electron chi connectivity index (χ3n) is 5.18. The highest BCUT2D eigenvalue weighted by molar-refractivity contribution is 7.80. The maximum Gasteiger partial charge on any atom is 0.418 e. The fourth-order valence-corrected chi connectivity index (χ4v) is 4.28. The summed E-state index contributed by atoms with van der Waals surface area (Å²) < 4.78 is 34.9. The number of amides is 3. The highest BCUT2D eigenvalue weighted by Crippen LogP contribution is 2.41. The monoisotopic (exact) mass is 390 g/mol. The number of carbonyl (C=O) groups excluding carboxylic acids is 3. The van der Waals surface area contributed by atoms with Crippen LogP contribution < -0.4 is 16.2 Å². The number of hydrazine groups is 1. The first kappa shape index (κ1) is 19.0. The standard InChI is InChI=1S/C14H22N4O7S/c19-12(8-2-1-5-15-7-8)16-17-13(20)10-4-3-9-6-11(10)14(21)18(9)25-26(22,23)24/h8-11,15H,1-7H2,(H,16,19)(H,17,20)(H,22,23,24)/t8-,9-,10-,11?/m1/s1. The number of rotatable bonds is 4. The smallest absolute Gasteiger partial charge is 0.316 e. The summed E-state index contributed by atoms with van der Waals surface area (Å²) in [7, 11) is -4.81. The van der Waals surface area contributed by atoms with Crippen molar-refractivity contribution in [2.45, 2.75) is 38.1 Å². The number of hydroxylamine groups is 2. The van der Waals surface area contributed by atoms with Gasteiger partial charge in [-0.3, -0.25) is 29.8 Å². The Morgan fingerprint density at radius 1 is 1.19 bits per heavy atom.